The molecule has 5 rings (SSSR count). The maximum Gasteiger partial charge on any atom is 0.242 e. The maximum absolute atomic E-state index is 11.9. The van der Waals surface area contributed by atoms with Gasteiger partial charge in [0.25, 0.3) is 0 Å². The van der Waals surface area contributed by atoms with Gasteiger partial charge in [0.05, 0.1) is 12.2 Å². The van der Waals surface area contributed by atoms with Gasteiger partial charge in [-0.2, -0.15) is 0 Å². The van der Waals surface area contributed by atoms with Gasteiger partial charge in [-0.1, -0.05) is 24.6 Å². The highest BCUT2D eigenvalue weighted by Crippen LogP contribution is 2.22. The van der Waals surface area contributed by atoms with E-state index in [-0.39, 0.29) is 11.8 Å². The Bertz CT molecular complexity index is 1200. The first-order chi connectivity index (χ1) is 17.5. The number of aliphatic imine (C=N–C) groups is 1. The monoisotopic (exact) mass is 489 g/mol. The standard InChI is InChI=1S/C16H15N3O.C12H20N2O2/c1-11-9-12-10-14(7-8-15(12)20-11)19-16(17)18-13-5-3-2-4-6-13;15-11-6-2-1-3-9-14(11)10-12(16)13-7-4-5-8-13/h2-10H,1H3,(H3,17,18,19);1-10H2. The first kappa shape index (κ1) is 25.3. The minimum absolute atomic E-state index is 0.132. The Labute approximate surface area is 212 Å². The predicted molar refractivity (Wildman–Crippen MR) is 143 cm³/mol. The number of furan rings is 1. The summed E-state index contributed by atoms with van der Waals surface area (Å²) in [5, 5.41) is 4.12. The fourth-order valence-corrected chi connectivity index (χ4v) is 4.51. The zero-order valence-electron chi connectivity index (χ0n) is 20.9. The molecule has 0 atom stereocenters. The molecule has 0 bridgehead atoms. The number of rotatable bonds is 4. The van der Waals surface area contributed by atoms with Crippen LogP contribution in [-0.2, 0) is 9.59 Å². The van der Waals surface area contributed by atoms with Gasteiger partial charge in [0.2, 0.25) is 11.8 Å². The number of para-hydroxylation sites is 1. The van der Waals surface area contributed by atoms with E-state index >= 15 is 0 Å². The van der Waals surface area contributed by atoms with Crippen LogP contribution >= 0.6 is 0 Å². The number of benzene rings is 2. The number of fused-ring (bicyclic) bond motifs is 1. The minimum atomic E-state index is 0.132. The number of aryl methyl sites for hydroxylation is 1. The van der Waals surface area contributed by atoms with Gasteiger partial charge in [0.1, 0.15) is 11.3 Å². The summed E-state index contributed by atoms with van der Waals surface area (Å²) in [7, 11) is 0. The van der Waals surface area contributed by atoms with Crippen molar-refractivity contribution in [2.75, 3.05) is 31.5 Å². The quantitative estimate of drug-likeness (QED) is 0.404. The highest BCUT2D eigenvalue weighted by Gasteiger charge is 2.23. The fourth-order valence-electron chi connectivity index (χ4n) is 4.51. The average molecular weight is 490 g/mol. The molecule has 8 nitrogen and oxygen atoms in total. The third kappa shape index (κ3) is 7.10. The third-order valence-electron chi connectivity index (χ3n) is 6.37. The second-order valence-electron chi connectivity index (χ2n) is 9.28. The van der Waals surface area contributed by atoms with Crippen molar-refractivity contribution in [2.45, 2.75) is 45.4 Å². The molecule has 36 heavy (non-hydrogen) atoms. The summed E-state index contributed by atoms with van der Waals surface area (Å²) >= 11 is 0. The van der Waals surface area contributed by atoms with Crippen molar-refractivity contribution in [1.29, 1.82) is 0 Å². The summed E-state index contributed by atoms with van der Waals surface area (Å²) in [5.41, 5.74) is 8.47. The largest absolute Gasteiger partial charge is 0.461 e. The molecule has 2 amide bonds. The smallest absolute Gasteiger partial charge is 0.242 e. The number of nitrogens with two attached hydrogens (primary N) is 1. The van der Waals surface area contributed by atoms with Crippen molar-refractivity contribution in [2.24, 2.45) is 10.7 Å². The summed E-state index contributed by atoms with van der Waals surface area (Å²) in [4.78, 5) is 31.6. The summed E-state index contributed by atoms with van der Waals surface area (Å²) < 4.78 is 5.53. The van der Waals surface area contributed by atoms with Crippen molar-refractivity contribution in [1.82, 2.24) is 9.80 Å². The van der Waals surface area contributed by atoms with Gasteiger partial charge >= 0.3 is 0 Å². The third-order valence-corrected chi connectivity index (χ3v) is 6.37. The Morgan fingerprint density at radius 2 is 1.75 bits per heavy atom. The van der Waals surface area contributed by atoms with E-state index in [1.54, 1.807) is 4.90 Å². The van der Waals surface area contributed by atoms with Crippen LogP contribution in [0.15, 0.2) is 64.0 Å². The van der Waals surface area contributed by atoms with E-state index in [1.807, 2.05) is 66.4 Å². The van der Waals surface area contributed by atoms with Gasteiger partial charge in [-0.3, -0.25) is 9.59 Å². The highest BCUT2D eigenvalue weighted by atomic mass is 16.3. The van der Waals surface area contributed by atoms with E-state index in [2.05, 4.69) is 10.3 Å². The van der Waals surface area contributed by atoms with Crippen LogP contribution in [0.3, 0.4) is 0 Å². The molecular weight excluding hydrogens is 454 g/mol. The summed E-state index contributed by atoms with van der Waals surface area (Å²) in [6.45, 7) is 4.75. The Hall–Kier alpha value is -3.81. The summed E-state index contributed by atoms with van der Waals surface area (Å²) in [5.74, 6) is 1.54. The molecule has 2 fully saturated rings. The summed E-state index contributed by atoms with van der Waals surface area (Å²) in [6.07, 6.45) is 5.97. The molecule has 0 aliphatic carbocycles. The number of hydrogen-bond donors (Lipinski definition) is 2. The van der Waals surface area contributed by atoms with Gasteiger partial charge in [-0.05, 0) is 69.0 Å². The lowest BCUT2D eigenvalue weighted by molar-refractivity contribution is -0.139. The molecule has 3 aromatic rings. The average Bonchev–Trinajstić information content (AvgIpc) is 3.48. The number of likely N-dealkylation sites (tertiary alicyclic amines) is 2. The highest BCUT2D eigenvalue weighted by molar-refractivity contribution is 5.96. The van der Waals surface area contributed by atoms with E-state index in [0.29, 0.717) is 18.9 Å². The molecule has 3 heterocycles. The number of nitrogens with zero attached hydrogens (tertiary/aromatic N) is 3. The number of carbonyl (C=O) groups is 2. The van der Waals surface area contributed by atoms with Crippen LogP contribution in [0.5, 0.6) is 0 Å². The first-order valence-corrected chi connectivity index (χ1v) is 12.7. The molecular formula is C28H35N5O3. The van der Waals surface area contributed by atoms with E-state index in [0.717, 1.165) is 79.8 Å². The molecule has 8 heteroatoms. The number of nitrogens with one attached hydrogen (secondary N) is 1. The van der Waals surface area contributed by atoms with Gasteiger partial charge in [-0.25, -0.2) is 4.99 Å². The molecule has 2 aromatic carbocycles. The lowest BCUT2D eigenvalue weighted by atomic mass is 10.2. The Morgan fingerprint density at radius 1 is 1.00 bits per heavy atom. The molecule has 0 unspecified atom stereocenters. The second-order valence-corrected chi connectivity index (χ2v) is 9.28. The molecule has 2 aliphatic rings. The van der Waals surface area contributed by atoms with Gasteiger partial charge in [-0.15, -0.1) is 0 Å². The Kier molecular flexibility index (Phi) is 8.60. The van der Waals surface area contributed by atoms with Crippen LogP contribution < -0.4 is 11.1 Å². The Morgan fingerprint density at radius 3 is 2.53 bits per heavy atom. The predicted octanol–water partition coefficient (Wildman–Crippen LogP) is 4.81. The van der Waals surface area contributed by atoms with Crippen molar-refractivity contribution >= 4 is 40.1 Å². The summed E-state index contributed by atoms with van der Waals surface area (Å²) in [6, 6.07) is 17.4. The Balaban J connectivity index is 0.000000174. The van der Waals surface area contributed by atoms with Crippen LogP contribution in [0.1, 0.15) is 44.3 Å². The van der Waals surface area contributed by atoms with Crippen molar-refractivity contribution in [3.05, 3.63) is 60.4 Å². The lowest BCUT2D eigenvalue weighted by Crippen LogP contribution is -2.41. The van der Waals surface area contributed by atoms with Crippen LogP contribution in [0.2, 0.25) is 0 Å². The number of amides is 2. The van der Waals surface area contributed by atoms with Crippen molar-refractivity contribution < 1.29 is 14.0 Å². The minimum Gasteiger partial charge on any atom is -0.461 e. The van der Waals surface area contributed by atoms with Crippen molar-refractivity contribution in [3.8, 4) is 0 Å². The number of guanidine groups is 1. The van der Waals surface area contributed by atoms with Gasteiger partial charge < -0.3 is 25.3 Å². The molecule has 3 N–H and O–H groups in total. The molecule has 0 radical (unpaired) electrons. The zero-order chi connectivity index (χ0) is 25.3. The van der Waals surface area contributed by atoms with E-state index in [9.17, 15) is 9.59 Å². The fraction of sp³-hybridized carbons (Fsp3) is 0.393. The topological polar surface area (TPSA) is 104 Å². The maximum atomic E-state index is 11.9. The first-order valence-electron chi connectivity index (χ1n) is 12.7. The number of carbonyl (C=O) groups excluding carboxylic acids is 2. The van der Waals surface area contributed by atoms with Gasteiger partial charge in [0, 0.05) is 37.1 Å². The second kappa shape index (κ2) is 12.2. The molecule has 1 aromatic heterocycles. The lowest BCUT2D eigenvalue weighted by Gasteiger charge is -2.23. The van der Waals surface area contributed by atoms with E-state index < -0.39 is 0 Å². The van der Waals surface area contributed by atoms with Crippen molar-refractivity contribution in [3.63, 3.8) is 0 Å². The van der Waals surface area contributed by atoms with Crippen LogP contribution in [-0.4, -0.2) is 53.8 Å². The molecule has 0 saturated carbocycles. The van der Waals surface area contributed by atoms with Crippen LogP contribution in [0.4, 0.5) is 11.4 Å². The molecule has 190 valence electrons. The van der Waals surface area contributed by atoms with E-state index in [4.69, 9.17) is 10.2 Å². The molecule has 0 spiro atoms. The zero-order valence-corrected chi connectivity index (χ0v) is 20.9. The van der Waals surface area contributed by atoms with Crippen LogP contribution in [0, 0.1) is 6.92 Å². The molecule has 2 saturated heterocycles. The number of anilines is 1. The van der Waals surface area contributed by atoms with Crippen LogP contribution in [0.25, 0.3) is 11.0 Å². The molecule has 2 aliphatic heterocycles. The number of hydrogen-bond acceptors (Lipinski definition) is 4. The van der Waals surface area contributed by atoms with Gasteiger partial charge in [0.15, 0.2) is 5.96 Å². The SMILES string of the molecule is Cc1cc2cc(NC(N)=Nc3ccccc3)ccc2o1.O=C(CN1CCCCCC1=O)N1CCCC1. The normalized spacial score (nSPS) is 16.5. The van der Waals surface area contributed by atoms with E-state index in [1.165, 1.54) is 0 Å².